The summed E-state index contributed by atoms with van der Waals surface area (Å²) in [6, 6.07) is 14.7. The van der Waals surface area contributed by atoms with Gasteiger partial charge in [-0.15, -0.1) is 0 Å². The van der Waals surface area contributed by atoms with E-state index >= 15 is 0 Å². The van der Waals surface area contributed by atoms with Crippen molar-refractivity contribution in [1.82, 2.24) is 24.6 Å². The van der Waals surface area contributed by atoms with Gasteiger partial charge in [-0.3, -0.25) is 9.59 Å². The number of hydrogen-bond acceptors (Lipinski definition) is 10. The van der Waals surface area contributed by atoms with Crippen LogP contribution in [0.25, 0.3) is 0 Å². The Morgan fingerprint density at radius 2 is 1.64 bits per heavy atom. The Bertz CT molecular complexity index is 1930. The van der Waals surface area contributed by atoms with Gasteiger partial charge in [0.25, 0.3) is 5.91 Å². The maximum atomic E-state index is 14.2. The summed E-state index contributed by atoms with van der Waals surface area (Å²) in [6.07, 6.45) is 2.67. The lowest BCUT2D eigenvalue weighted by Gasteiger charge is -2.39. The number of amides is 5. The molecule has 0 saturated carbocycles. The van der Waals surface area contributed by atoms with E-state index in [1.54, 1.807) is 40.7 Å². The van der Waals surface area contributed by atoms with Crippen LogP contribution in [0, 0.1) is 13.8 Å². The van der Waals surface area contributed by atoms with Crippen LogP contribution >= 0.6 is 0 Å². The first-order valence-electron chi connectivity index (χ1n) is 20.2. The maximum Gasteiger partial charge on any atom is 0.410 e. The molecular formula is C43H55N7O8. The number of nitrogens with one attached hydrogen (secondary N) is 1. The number of aryl methyl sites for hydroxylation is 2. The zero-order chi connectivity index (χ0) is 41.3. The van der Waals surface area contributed by atoms with Gasteiger partial charge in [0, 0.05) is 83.6 Å². The molecule has 3 aliphatic heterocycles. The number of ether oxygens (including phenoxy) is 2. The number of anilines is 2. The molecule has 6 rings (SSSR count). The second-order valence-corrected chi connectivity index (χ2v) is 15.3. The number of phenolic OH excluding ortho intramolecular Hbond substituents is 1. The number of urea groups is 1. The van der Waals surface area contributed by atoms with Crippen LogP contribution in [-0.4, -0.2) is 137 Å². The number of aromatic nitrogens is 1. The van der Waals surface area contributed by atoms with E-state index < -0.39 is 18.2 Å². The SMILES string of the molecule is CCCN(CCOC(=O)c1ccc(N2CCN(C(=O)[C@@H](Cc3cc(C)c(O)c(C)c3)OC(=O)N3CCC(N4CCc5ccccc5NC4=O)CC3)CC2)nc1)C(C)=O. The smallest absolute Gasteiger partial charge is 0.410 e. The first kappa shape index (κ1) is 41.8. The molecule has 5 amide bonds. The molecule has 2 saturated heterocycles. The number of fused-ring (bicyclic) bond motifs is 1. The van der Waals surface area contributed by atoms with Crippen LogP contribution in [0.2, 0.25) is 0 Å². The summed E-state index contributed by atoms with van der Waals surface area (Å²) >= 11 is 0. The first-order chi connectivity index (χ1) is 27.9. The van der Waals surface area contributed by atoms with Crippen LogP contribution < -0.4 is 10.2 Å². The fraction of sp³-hybridized carbons (Fsp3) is 0.488. The Hall–Kier alpha value is -5.86. The summed E-state index contributed by atoms with van der Waals surface area (Å²) in [4.78, 5) is 78.8. The fourth-order valence-corrected chi connectivity index (χ4v) is 7.93. The van der Waals surface area contributed by atoms with E-state index in [-0.39, 0.29) is 42.7 Å². The molecule has 0 bridgehead atoms. The van der Waals surface area contributed by atoms with E-state index in [1.165, 1.54) is 13.1 Å². The molecule has 3 aromatic rings. The number of piperidine rings is 1. The Morgan fingerprint density at radius 1 is 0.931 bits per heavy atom. The normalized spacial score (nSPS) is 16.5. The lowest BCUT2D eigenvalue weighted by Crippen LogP contribution is -2.54. The van der Waals surface area contributed by atoms with E-state index in [1.807, 2.05) is 53.1 Å². The highest BCUT2D eigenvalue weighted by molar-refractivity contribution is 5.91. The number of carbonyl (C=O) groups is 5. The number of likely N-dealkylation sites (tertiary alicyclic amines) is 1. The van der Waals surface area contributed by atoms with Crippen molar-refractivity contribution < 1.29 is 38.6 Å². The number of hydrogen-bond donors (Lipinski definition) is 2. The third-order valence-electron chi connectivity index (χ3n) is 11.2. The number of piperazine rings is 1. The van der Waals surface area contributed by atoms with E-state index in [0.717, 1.165) is 29.7 Å². The Kier molecular flexibility index (Phi) is 13.7. The van der Waals surface area contributed by atoms with Crippen LogP contribution in [-0.2, 0) is 31.9 Å². The number of benzene rings is 2. The number of rotatable bonds is 12. The van der Waals surface area contributed by atoms with Crippen molar-refractivity contribution in [1.29, 1.82) is 0 Å². The van der Waals surface area contributed by atoms with E-state index in [0.29, 0.717) is 94.3 Å². The minimum absolute atomic E-state index is 0.0324. The quantitative estimate of drug-likeness (QED) is 0.244. The standard InChI is InChI=1S/C43H55N7O8/c1-5-15-46(31(4)51)23-24-57-41(54)34-10-11-38(44-28-34)47-19-21-48(22-20-47)40(53)37(27-32-25-29(2)39(52)30(3)26-32)58-43(56)49-16-13-35(14-17-49)50-18-12-33-8-6-7-9-36(33)45-42(50)55/h6-11,25-26,28,35,37,52H,5,12-24,27H2,1-4H3,(H,45,55)/t37-/m1/s1. The summed E-state index contributed by atoms with van der Waals surface area (Å²) in [5.41, 5.74) is 4.33. The average Bonchev–Trinajstić information content (AvgIpc) is 3.40. The summed E-state index contributed by atoms with van der Waals surface area (Å²) in [5.74, 6) is -0.0515. The number of carbonyl (C=O) groups excluding carboxylic acids is 5. The number of pyridine rings is 1. The highest BCUT2D eigenvalue weighted by Crippen LogP contribution is 2.27. The number of aromatic hydroxyl groups is 1. The molecule has 0 aliphatic carbocycles. The maximum absolute atomic E-state index is 14.2. The summed E-state index contributed by atoms with van der Waals surface area (Å²) < 4.78 is 11.4. The van der Waals surface area contributed by atoms with Gasteiger partial charge in [0.2, 0.25) is 5.91 Å². The van der Waals surface area contributed by atoms with Crippen LogP contribution in [0.4, 0.5) is 21.1 Å². The third-order valence-corrected chi connectivity index (χ3v) is 11.2. The van der Waals surface area contributed by atoms with Gasteiger partial charge in [-0.05, 0) is 80.0 Å². The van der Waals surface area contributed by atoms with Gasteiger partial charge < -0.3 is 44.4 Å². The second kappa shape index (κ2) is 19.1. The number of phenols is 1. The summed E-state index contributed by atoms with van der Waals surface area (Å²) in [6.45, 7) is 11.1. The van der Waals surface area contributed by atoms with Crippen LogP contribution in [0.5, 0.6) is 5.75 Å². The minimum Gasteiger partial charge on any atom is -0.507 e. The predicted molar refractivity (Wildman–Crippen MR) is 218 cm³/mol. The zero-order valence-electron chi connectivity index (χ0n) is 33.9. The van der Waals surface area contributed by atoms with Gasteiger partial charge in [-0.25, -0.2) is 19.4 Å². The molecule has 0 unspecified atom stereocenters. The number of nitrogens with zero attached hydrogens (tertiary/aromatic N) is 6. The zero-order valence-corrected chi connectivity index (χ0v) is 33.9. The Balaban J connectivity index is 1.04. The second-order valence-electron chi connectivity index (χ2n) is 15.3. The highest BCUT2D eigenvalue weighted by atomic mass is 16.6. The number of esters is 1. The molecule has 2 N–H and O–H groups in total. The first-order valence-corrected chi connectivity index (χ1v) is 20.2. The van der Waals surface area contributed by atoms with E-state index in [4.69, 9.17) is 9.47 Å². The fourth-order valence-electron chi connectivity index (χ4n) is 7.93. The topological polar surface area (TPSA) is 165 Å². The average molecular weight is 798 g/mol. The van der Waals surface area contributed by atoms with Crippen molar-refractivity contribution in [3.63, 3.8) is 0 Å². The van der Waals surface area contributed by atoms with Gasteiger partial charge in [0.15, 0.2) is 6.10 Å². The van der Waals surface area contributed by atoms with Crippen LogP contribution in [0.15, 0.2) is 54.7 Å². The third kappa shape index (κ3) is 10.2. The van der Waals surface area contributed by atoms with Gasteiger partial charge in [0.1, 0.15) is 18.2 Å². The molecular weight excluding hydrogens is 743 g/mol. The van der Waals surface area contributed by atoms with Crippen molar-refractivity contribution >= 4 is 41.4 Å². The Morgan fingerprint density at radius 3 is 2.29 bits per heavy atom. The van der Waals surface area contributed by atoms with Crippen molar-refractivity contribution in [3.8, 4) is 5.75 Å². The molecule has 2 aromatic carbocycles. The van der Waals surface area contributed by atoms with Gasteiger partial charge in [-0.1, -0.05) is 37.3 Å². The molecule has 0 radical (unpaired) electrons. The monoisotopic (exact) mass is 797 g/mol. The minimum atomic E-state index is -1.09. The van der Waals surface area contributed by atoms with Gasteiger partial charge >= 0.3 is 18.1 Å². The van der Waals surface area contributed by atoms with Crippen molar-refractivity contribution in [2.45, 2.75) is 71.9 Å². The number of para-hydroxylation sites is 1. The van der Waals surface area contributed by atoms with Crippen LogP contribution in [0.3, 0.4) is 0 Å². The molecule has 15 nitrogen and oxygen atoms in total. The highest BCUT2D eigenvalue weighted by Gasteiger charge is 2.35. The Labute approximate surface area is 339 Å². The molecule has 0 spiro atoms. The van der Waals surface area contributed by atoms with E-state index in [2.05, 4.69) is 10.3 Å². The van der Waals surface area contributed by atoms with E-state index in [9.17, 15) is 29.1 Å². The molecule has 310 valence electrons. The molecule has 2 fully saturated rings. The molecule has 4 heterocycles. The largest absolute Gasteiger partial charge is 0.507 e. The van der Waals surface area contributed by atoms with Crippen molar-refractivity contribution in [2.24, 2.45) is 0 Å². The lowest BCUT2D eigenvalue weighted by molar-refractivity contribution is -0.141. The van der Waals surface area contributed by atoms with Gasteiger partial charge in [0.05, 0.1) is 12.1 Å². The predicted octanol–water partition coefficient (Wildman–Crippen LogP) is 4.77. The molecule has 1 atom stereocenters. The lowest BCUT2D eigenvalue weighted by atomic mass is 10.0. The summed E-state index contributed by atoms with van der Waals surface area (Å²) in [5, 5.41) is 13.4. The summed E-state index contributed by atoms with van der Waals surface area (Å²) in [7, 11) is 0. The van der Waals surface area contributed by atoms with Crippen LogP contribution in [0.1, 0.15) is 65.7 Å². The molecule has 15 heteroatoms. The van der Waals surface area contributed by atoms with Crippen molar-refractivity contribution in [2.75, 3.05) is 75.7 Å². The molecule has 3 aliphatic rings. The van der Waals surface area contributed by atoms with Gasteiger partial charge in [-0.2, -0.15) is 0 Å². The molecule has 1 aromatic heterocycles. The van der Waals surface area contributed by atoms with Crippen molar-refractivity contribution in [3.05, 3.63) is 82.5 Å². The molecule has 58 heavy (non-hydrogen) atoms.